The molecule has 3 rings (SSSR count). The van der Waals surface area contributed by atoms with Crippen molar-refractivity contribution in [2.45, 2.75) is 0 Å². The van der Waals surface area contributed by atoms with Crippen molar-refractivity contribution in [2.75, 3.05) is 12.0 Å². The van der Waals surface area contributed by atoms with Gasteiger partial charge in [-0.3, -0.25) is 9.69 Å². The molecule has 2 aromatic carbocycles. The molecule has 26 heavy (non-hydrogen) atoms. The number of carbonyl (C=O) groups is 1. The summed E-state index contributed by atoms with van der Waals surface area (Å²) in [5.41, 5.74) is 1.44. The van der Waals surface area contributed by atoms with Crippen LogP contribution in [0.2, 0.25) is 20.1 Å². The smallest absolute Gasteiger partial charge is 0.267 e. The van der Waals surface area contributed by atoms with Gasteiger partial charge in [-0.15, -0.1) is 0 Å². The van der Waals surface area contributed by atoms with Gasteiger partial charge in [-0.1, -0.05) is 76.4 Å². The van der Waals surface area contributed by atoms with E-state index >= 15 is 0 Å². The number of halogens is 4. The Labute approximate surface area is 180 Å². The molecule has 134 valence electrons. The van der Waals surface area contributed by atoms with E-state index in [4.69, 9.17) is 58.6 Å². The van der Waals surface area contributed by atoms with Crippen molar-refractivity contribution in [1.82, 2.24) is 4.90 Å². The average Bonchev–Trinajstić information content (AvgIpc) is 2.85. The molecule has 3 nitrogen and oxygen atoms in total. The summed E-state index contributed by atoms with van der Waals surface area (Å²) in [5, 5.41) is 5.00. The Morgan fingerprint density at radius 1 is 1.04 bits per heavy atom. The minimum atomic E-state index is -0.196. The van der Waals surface area contributed by atoms with Crippen molar-refractivity contribution >= 4 is 92.4 Å². The Morgan fingerprint density at radius 3 is 2.50 bits per heavy atom. The Balaban J connectivity index is 1.74. The van der Waals surface area contributed by atoms with Gasteiger partial charge < -0.3 is 5.32 Å². The molecule has 0 unspecified atom stereocenters. The second-order valence-electron chi connectivity index (χ2n) is 5.24. The molecule has 0 atom stereocenters. The first-order chi connectivity index (χ1) is 12.3. The van der Waals surface area contributed by atoms with Crippen molar-refractivity contribution in [3.8, 4) is 0 Å². The monoisotopic (exact) mass is 462 g/mol. The van der Waals surface area contributed by atoms with Gasteiger partial charge in [0.1, 0.15) is 4.32 Å². The Hall–Kier alpha value is -0.950. The van der Waals surface area contributed by atoms with Gasteiger partial charge in [0.15, 0.2) is 0 Å². The zero-order chi connectivity index (χ0) is 18.8. The molecule has 1 heterocycles. The van der Waals surface area contributed by atoms with Crippen molar-refractivity contribution in [1.29, 1.82) is 0 Å². The number of amides is 1. The van der Waals surface area contributed by atoms with Crippen molar-refractivity contribution in [3.05, 3.63) is 67.0 Å². The highest BCUT2D eigenvalue weighted by Crippen LogP contribution is 2.34. The van der Waals surface area contributed by atoms with Crippen LogP contribution in [-0.2, 0) is 4.79 Å². The minimum absolute atomic E-state index is 0.196. The van der Waals surface area contributed by atoms with E-state index in [1.807, 2.05) is 0 Å². The molecule has 0 bridgehead atoms. The van der Waals surface area contributed by atoms with E-state index in [-0.39, 0.29) is 12.6 Å². The summed E-state index contributed by atoms with van der Waals surface area (Å²) < 4.78 is 0.457. The third-order valence-electron chi connectivity index (χ3n) is 3.48. The highest BCUT2D eigenvalue weighted by molar-refractivity contribution is 8.26. The predicted octanol–water partition coefficient (Wildman–Crippen LogP) is 6.57. The van der Waals surface area contributed by atoms with Gasteiger partial charge in [0.25, 0.3) is 5.91 Å². The fraction of sp³-hybridized carbons (Fsp3) is 0.0588. The lowest BCUT2D eigenvalue weighted by molar-refractivity contribution is -0.121. The predicted molar refractivity (Wildman–Crippen MR) is 116 cm³/mol. The topological polar surface area (TPSA) is 32.3 Å². The SMILES string of the molecule is O=C1C(=Cc2ccc(Cl)cc2Cl)SC(=S)N1CNc1ccc(Cl)c(Cl)c1. The summed E-state index contributed by atoms with van der Waals surface area (Å²) in [4.78, 5) is 14.6. The molecule has 2 aromatic rings. The van der Waals surface area contributed by atoms with Crippen molar-refractivity contribution in [2.24, 2.45) is 0 Å². The maximum atomic E-state index is 12.6. The summed E-state index contributed by atoms with van der Waals surface area (Å²) >= 11 is 30.5. The van der Waals surface area contributed by atoms with Crippen LogP contribution in [0.15, 0.2) is 41.3 Å². The highest BCUT2D eigenvalue weighted by atomic mass is 35.5. The van der Waals surface area contributed by atoms with Crippen LogP contribution >= 0.6 is 70.4 Å². The van der Waals surface area contributed by atoms with Crippen LogP contribution in [-0.4, -0.2) is 21.8 Å². The third-order valence-corrected chi connectivity index (χ3v) is 6.16. The number of hydrogen-bond donors (Lipinski definition) is 1. The molecule has 1 fully saturated rings. The van der Waals surface area contributed by atoms with Crippen LogP contribution in [0.4, 0.5) is 5.69 Å². The van der Waals surface area contributed by atoms with E-state index < -0.39 is 0 Å². The fourth-order valence-corrected chi connectivity index (χ4v) is 4.18. The number of thiocarbonyl (C=S) groups is 1. The number of nitrogens with zero attached hydrogens (tertiary/aromatic N) is 1. The summed E-state index contributed by atoms with van der Waals surface area (Å²) in [6, 6.07) is 10.2. The lowest BCUT2D eigenvalue weighted by Gasteiger charge is -2.16. The van der Waals surface area contributed by atoms with E-state index in [0.717, 1.165) is 5.69 Å². The van der Waals surface area contributed by atoms with E-state index in [1.54, 1.807) is 42.5 Å². The standard InChI is InChI=1S/C17H10Cl4N2OS2/c18-10-2-1-9(13(20)6-10)5-15-16(24)23(17(25)26-15)8-22-11-3-4-12(19)14(21)7-11/h1-7,22H,8H2. The molecule has 0 radical (unpaired) electrons. The molecule has 1 N–H and O–H groups in total. The maximum Gasteiger partial charge on any atom is 0.267 e. The molecule has 0 aliphatic carbocycles. The zero-order valence-corrected chi connectivity index (χ0v) is 17.6. The molecule has 0 saturated carbocycles. The van der Waals surface area contributed by atoms with Gasteiger partial charge in [0.2, 0.25) is 0 Å². The molecule has 0 aromatic heterocycles. The summed E-state index contributed by atoms with van der Waals surface area (Å²) in [7, 11) is 0. The fourth-order valence-electron chi connectivity index (χ4n) is 2.17. The second kappa shape index (κ2) is 8.38. The largest absolute Gasteiger partial charge is 0.367 e. The van der Waals surface area contributed by atoms with Crippen LogP contribution in [0.25, 0.3) is 6.08 Å². The average molecular weight is 464 g/mol. The summed E-state index contributed by atoms with van der Waals surface area (Å²) in [5.74, 6) is -0.196. The first-order valence-electron chi connectivity index (χ1n) is 7.24. The van der Waals surface area contributed by atoms with Gasteiger partial charge in [-0.25, -0.2) is 0 Å². The Kier molecular flexibility index (Phi) is 6.38. The molecule has 1 aliphatic heterocycles. The zero-order valence-electron chi connectivity index (χ0n) is 12.9. The molecular weight excluding hydrogens is 454 g/mol. The van der Waals surface area contributed by atoms with Crippen molar-refractivity contribution in [3.63, 3.8) is 0 Å². The number of nitrogens with one attached hydrogen (secondary N) is 1. The van der Waals surface area contributed by atoms with Crippen LogP contribution in [0, 0.1) is 0 Å². The van der Waals surface area contributed by atoms with E-state index in [1.165, 1.54) is 16.7 Å². The van der Waals surface area contributed by atoms with Gasteiger partial charge in [0, 0.05) is 15.7 Å². The Morgan fingerprint density at radius 2 is 1.81 bits per heavy atom. The van der Waals surface area contributed by atoms with E-state index in [9.17, 15) is 4.79 Å². The lowest BCUT2D eigenvalue weighted by Crippen LogP contribution is -2.33. The molecule has 1 saturated heterocycles. The number of anilines is 1. The van der Waals surface area contributed by atoms with Crippen LogP contribution in [0.1, 0.15) is 5.56 Å². The summed E-state index contributed by atoms with van der Waals surface area (Å²) in [6.45, 7) is 0.217. The van der Waals surface area contributed by atoms with Crippen LogP contribution in [0.3, 0.4) is 0 Å². The number of thioether (sulfide) groups is 1. The Bertz CT molecular complexity index is 933. The number of rotatable bonds is 4. The maximum absolute atomic E-state index is 12.6. The second-order valence-corrected chi connectivity index (χ2v) is 8.57. The van der Waals surface area contributed by atoms with Crippen LogP contribution in [0.5, 0.6) is 0 Å². The van der Waals surface area contributed by atoms with Crippen LogP contribution < -0.4 is 5.32 Å². The number of hydrogen-bond acceptors (Lipinski definition) is 4. The molecule has 1 amide bonds. The normalized spacial score (nSPS) is 15.8. The van der Waals surface area contributed by atoms with Gasteiger partial charge in [-0.2, -0.15) is 0 Å². The van der Waals surface area contributed by atoms with Gasteiger partial charge >= 0.3 is 0 Å². The third kappa shape index (κ3) is 4.47. The van der Waals surface area contributed by atoms with E-state index in [0.29, 0.717) is 34.9 Å². The van der Waals surface area contributed by atoms with Crippen molar-refractivity contribution < 1.29 is 4.79 Å². The van der Waals surface area contributed by atoms with E-state index in [2.05, 4.69) is 5.32 Å². The quantitative estimate of drug-likeness (QED) is 0.410. The molecule has 9 heteroatoms. The first kappa shape index (κ1) is 19.8. The number of benzene rings is 2. The summed E-state index contributed by atoms with van der Waals surface area (Å²) in [6.07, 6.45) is 1.71. The highest BCUT2D eigenvalue weighted by Gasteiger charge is 2.31. The minimum Gasteiger partial charge on any atom is -0.367 e. The molecule has 1 aliphatic rings. The van der Waals surface area contributed by atoms with Gasteiger partial charge in [0.05, 0.1) is 21.6 Å². The number of carbonyl (C=O) groups excluding carboxylic acids is 1. The van der Waals surface area contributed by atoms with Gasteiger partial charge in [-0.05, 0) is 42.0 Å². The lowest BCUT2D eigenvalue weighted by atomic mass is 10.2. The molecular formula is C17H10Cl4N2OS2. The molecule has 0 spiro atoms. The first-order valence-corrected chi connectivity index (χ1v) is 9.98.